The molecule has 3 rings (SSSR count). The van der Waals surface area contributed by atoms with Crippen molar-refractivity contribution < 1.29 is 9.72 Å². The molecule has 1 aromatic heterocycles. The van der Waals surface area contributed by atoms with Crippen LogP contribution in [0.5, 0.6) is 0 Å². The molecule has 3 N–H and O–H groups in total. The minimum Gasteiger partial charge on any atom is -0.298 e. The Hall–Kier alpha value is -3.65. The quantitative estimate of drug-likeness (QED) is 0.445. The number of benzene rings is 2. The smallest absolute Gasteiger partial charge is 0.287 e. The Morgan fingerprint density at radius 2 is 1.89 bits per heavy atom. The summed E-state index contributed by atoms with van der Waals surface area (Å²) < 4.78 is 0. The van der Waals surface area contributed by atoms with Gasteiger partial charge in [0.25, 0.3) is 11.6 Å². The Bertz CT molecular complexity index is 1010. The number of nitrogens with zero attached hydrogens (tertiary/aromatic N) is 2. The standard InChI is InChI=1S/C18H14ClN5O3/c1-11(12-5-7-14(19)8-6-12)20-23-18(25)17-10-16(21-22-17)13-3-2-4-15(9-13)24(26)27/h2-10,20H,1H2,(H,21,22)(H,23,25). The maximum Gasteiger partial charge on any atom is 0.287 e. The van der Waals surface area contributed by atoms with Crippen LogP contribution in [0.25, 0.3) is 17.0 Å². The number of nitro benzene ring substituents is 1. The second kappa shape index (κ2) is 7.71. The van der Waals surface area contributed by atoms with Crippen molar-refractivity contribution >= 4 is 28.9 Å². The maximum absolute atomic E-state index is 12.2. The SMILES string of the molecule is C=C(NNC(=O)c1cc(-c2cccc([N+](=O)[O-])c2)n[nH]1)c1ccc(Cl)cc1. The summed E-state index contributed by atoms with van der Waals surface area (Å²) >= 11 is 5.84. The van der Waals surface area contributed by atoms with Crippen LogP contribution >= 0.6 is 11.6 Å². The number of aromatic amines is 1. The number of H-pyrrole nitrogens is 1. The highest BCUT2D eigenvalue weighted by Crippen LogP contribution is 2.22. The summed E-state index contributed by atoms with van der Waals surface area (Å²) in [6.07, 6.45) is 0. The van der Waals surface area contributed by atoms with Crippen LogP contribution in [-0.2, 0) is 0 Å². The molecule has 2 aromatic carbocycles. The first-order chi connectivity index (χ1) is 12.9. The van der Waals surface area contributed by atoms with E-state index in [1.165, 1.54) is 18.2 Å². The molecular weight excluding hydrogens is 370 g/mol. The Kier molecular flexibility index (Phi) is 5.18. The lowest BCUT2D eigenvalue weighted by atomic mass is 10.1. The first-order valence-electron chi connectivity index (χ1n) is 7.75. The predicted molar refractivity (Wildman–Crippen MR) is 102 cm³/mol. The topological polar surface area (TPSA) is 113 Å². The Morgan fingerprint density at radius 3 is 2.59 bits per heavy atom. The van der Waals surface area contributed by atoms with E-state index < -0.39 is 10.8 Å². The molecule has 0 aliphatic rings. The molecule has 3 aromatic rings. The Morgan fingerprint density at radius 1 is 1.15 bits per heavy atom. The molecule has 0 saturated carbocycles. The lowest BCUT2D eigenvalue weighted by Gasteiger charge is -2.10. The van der Waals surface area contributed by atoms with Crippen molar-refractivity contribution in [2.24, 2.45) is 0 Å². The zero-order valence-corrected chi connectivity index (χ0v) is 14.7. The summed E-state index contributed by atoms with van der Waals surface area (Å²) in [6, 6.07) is 14.5. The third kappa shape index (κ3) is 4.31. The average molecular weight is 384 g/mol. The second-order valence-corrected chi connectivity index (χ2v) is 5.98. The van der Waals surface area contributed by atoms with Gasteiger partial charge in [0, 0.05) is 22.7 Å². The van der Waals surface area contributed by atoms with Crippen molar-refractivity contribution in [2.45, 2.75) is 0 Å². The number of carbonyl (C=O) groups excluding carboxylic acids is 1. The van der Waals surface area contributed by atoms with E-state index in [0.717, 1.165) is 5.56 Å². The van der Waals surface area contributed by atoms with Crippen molar-refractivity contribution in [1.29, 1.82) is 0 Å². The van der Waals surface area contributed by atoms with E-state index in [2.05, 4.69) is 27.6 Å². The van der Waals surface area contributed by atoms with Crippen molar-refractivity contribution in [2.75, 3.05) is 0 Å². The van der Waals surface area contributed by atoms with E-state index in [0.29, 0.717) is 22.0 Å². The van der Waals surface area contributed by atoms with Gasteiger partial charge in [0.2, 0.25) is 0 Å². The number of nitrogens with one attached hydrogen (secondary N) is 3. The third-order valence-electron chi connectivity index (χ3n) is 3.69. The van der Waals surface area contributed by atoms with Crippen molar-refractivity contribution in [3.05, 3.63) is 87.6 Å². The number of carbonyl (C=O) groups is 1. The zero-order valence-electron chi connectivity index (χ0n) is 13.9. The van der Waals surface area contributed by atoms with Gasteiger partial charge in [-0.3, -0.25) is 30.9 Å². The van der Waals surface area contributed by atoms with Gasteiger partial charge in [0.1, 0.15) is 5.69 Å². The zero-order chi connectivity index (χ0) is 19.4. The number of non-ortho nitro benzene ring substituents is 1. The van der Waals surface area contributed by atoms with Gasteiger partial charge in [0.15, 0.2) is 0 Å². The Labute approximate surface area is 159 Å². The minimum absolute atomic E-state index is 0.0533. The molecule has 0 saturated heterocycles. The molecule has 27 heavy (non-hydrogen) atoms. The first kappa shape index (κ1) is 18.2. The van der Waals surface area contributed by atoms with E-state index in [4.69, 9.17) is 11.6 Å². The maximum atomic E-state index is 12.2. The van der Waals surface area contributed by atoms with Gasteiger partial charge in [-0.2, -0.15) is 5.10 Å². The van der Waals surface area contributed by atoms with E-state index in [9.17, 15) is 14.9 Å². The van der Waals surface area contributed by atoms with Crippen LogP contribution in [0, 0.1) is 10.1 Å². The number of rotatable bonds is 6. The highest BCUT2D eigenvalue weighted by Gasteiger charge is 2.13. The van der Waals surface area contributed by atoms with Crippen molar-refractivity contribution in [3.8, 4) is 11.3 Å². The molecule has 0 spiro atoms. The number of hydrogen-bond donors (Lipinski definition) is 3. The molecular formula is C18H14ClN5O3. The van der Waals surface area contributed by atoms with E-state index >= 15 is 0 Å². The molecule has 0 fully saturated rings. The van der Waals surface area contributed by atoms with Gasteiger partial charge in [-0.1, -0.05) is 42.4 Å². The number of amides is 1. The molecule has 1 amide bonds. The van der Waals surface area contributed by atoms with E-state index in [1.807, 2.05) is 0 Å². The fourth-order valence-corrected chi connectivity index (χ4v) is 2.41. The van der Waals surface area contributed by atoms with Gasteiger partial charge < -0.3 is 0 Å². The fraction of sp³-hybridized carbons (Fsp3) is 0. The summed E-state index contributed by atoms with van der Waals surface area (Å²) in [6.45, 7) is 3.84. The van der Waals surface area contributed by atoms with Gasteiger partial charge in [-0.05, 0) is 23.8 Å². The summed E-state index contributed by atoms with van der Waals surface area (Å²) in [5.74, 6) is -0.464. The molecule has 0 aliphatic heterocycles. The first-order valence-corrected chi connectivity index (χ1v) is 8.13. The molecule has 1 heterocycles. The minimum atomic E-state index is -0.490. The highest BCUT2D eigenvalue weighted by atomic mass is 35.5. The number of nitro groups is 1. The molecule has 0 radical (unpaired) electrons. The van der Waals surface area contributed by atoms with Gasteiger partial charge in [-0.15, -0.1) is 0 Å². The van der Waals surface area contributed by atoms with Crippen molar-refractivity contribution in [1.82, 2.24) is 21.0 Å². The summed E-state index contributed by atoms with van der Waals surface area (Å²) in [4.78, 5) is 22.6. The van der Waals surface area contributed by atoms with Crippen LogP contribution in [0.4, 0.5) is 5.69 Å². The fourth-order valence-electron chi connectivity index (χ4n) is 2.29. The second-order valence-electron chi connectivity index (χ2n) is 5.54. The van der Waals surface area contributed by atoms with Crippen LogP contribution in [0.2, 0.25) is 5.02 Å². The lowest BCUT2D eigenvalue weighted by molar-refractivity contribution is -0.384. The highest BCUT2D eigenvalue weighted by molar-refractivity contribution is 6.30. The lowest BCUT2D eigenvalue weighted by Crippen LogP contribution is -2.36. The molecule has 0 aliphatic carbocycles. The molecule has 0 unspecified atom stereocenters. The van der Waals surface area contributed by atoms with Gasteiger partial charge in [-0.25, -0.2) is 0 Å². The molecule has 136 valence electrons. The van der Waals surface area contributed by atoms with Crippen LogP contribution in [0.1, 0.15) is 16.1 Å². The van der Waals surface area contributed by atoms with Crippen LogP contribution in [0.15, 0.2) is 61.2 Å². The van der Waals surface area contributed by atoms with E-state index in [-0.39, 0.29) is 11.4 Å². The van der Waals surface area contributed by atoms with E-state index in [1.54, 1.807) is 36.4 Å². The molecule has 0 bridgehead atoms. The molecule has 0 atom stereocenters. The Balaban J connectivity index is 1.66. The molecule has 9 heteroatoms. The summed E-state index contributed by atoms with van der Waals surface area (Å²) in [5, 5.41) is 18.1. The number of aromatic nitrogens is 2. The third-order valence-corrected chi connectivity index (χ3v) is 3.95. The number of halogens is 1. The van der Waals surface area contributed by atoms with Crippen LogP contribution in [0.3, 0.4) is 0 Å². The predicted octanol–water partition coefficient (Wildman–Crippen LogP) is 3.54. The van der Waals surface area contributed by atoms with Crippen molar-refractivity contribution in [3.63, 3.8) is 0 Å². The summed E-state index contributed by atoms with van der Waals surface area (Å²) in [5.41, 5.74) is 7.55. The van der Waals surface area contributed by atoms with Gasteiger partial charge >= 0.3 is 0 Å². The van der Waals surface area contributed by atoms with Gasteiger partial charge in [0.05, 0.1) is 16.3 Å². The monoisotopic (exact) mass is 383 g/mol. The van der Waals surface area contributed by atoms with Crippen LogP contribution in [-0.4, -0.2) is 21.0 Å². The molecule has 8 nitrogen and oxygen atoms in total. The van der Waals surface area contributed by atoms with Crippen LogP contribution < -0.4 is 10.9 Å². The average Bonchev–Trinajstić information content (AvgIpc) is 3.17. The summed E-state index contributed by atoms with van der Waals surface area (Å²) in [7, 11) is 0. The number of hydrazine groups is 1. The number of hydrogen-bond acceptors (Lipinski definition) is 5. The largest absolute Gasteiger partial charge is 0.298 e. The normalized spacial score (nSPS) is 10.3.